The van der Waals surface area contributed by atoms with Crippen molar-refractivity contribution in [1.29, 1.82) is 0 Å². The van der Waals surface area contributed by atoms with E-state index in [2.05, 4.69) is 4.98 Å². The Labute approximate surface area is 179 Å². The summed E-state index contributed by atoms with van der Waals surface area (Å²) < 4.78 is 55.2. The van der Waals surface area contributed by atoms with Gasteiger partial charge in [-0.05, 0) is 43.2 Å². The van der Waals surface area contributed by atoms with Gasteiger partial charge in [0.2, 0.25) is 5.91 Å². The van der Waals surface area contributed by atoms with Crippen LogP contribution in [0.3, 0.4) is 0 Å². The highest BCUT2D eigenvalue weighted by molar-refractivity contribution is 6.33. The number of pyridine rings is 1. The highest BCUT2D eigenvalue weighted by Crippen LogP contribution is 2.43. The Morgan fingerprint density at radius 3 is 2.48 bits per heavy atom. The van der Waals surface area contributed by atoms with E-state index in [0.717, 1.165) is 23.3 Å². The number of carbonyl (C=O) groups is 2. The molecule has 5 rings (SSSR count). The Morgan fingerprint density at radius 1 is 1.19 bits per heavy atom. The number of aromatic nitrogens is 2. The maximum atomic E-state index is 13.6. The first kappa shape index (κ1) is 20.5. The fraction of sp³-hybridized carbons (Fsp3) is 0.550. The van der Waals surface area contributed by atoms with Gasteiger partial charge < -0.3 is 9.80 Å². The zero-order valence-electron chi connectivity index (χ0n) is 16.3. The molecule has 0 spiro atoms. The monoisotopic (exact) mass is 458 g/mol. The quantitative estimate of drug-likeness (QED) is 0.659. The molecule has 2 aromatic rings. The molecule has 2 saturated carbocycles. The van der Waals surface area contributed by atoms with Crippen LogP contribution in [0.1, 0.15) is 53.2 Å². The van der Waals surface area contributed by atoms with Crippen LogP contribution < -0.4 is 0 Å². The summed E-state index contributed by atoms with van der Waals surface area (Å²) in [5, 5.41) is -0.206. The average molecular weight is 459 g/mol. The Balaban J connectivity index is 1.44. The molecule has 0 radical (unpaired) electrons. The fourth-order valence-electron chi connectivity index (χ4n) is 4.29. The lowest BCUT2D eigenvalue weighted by molar-refractivity contribution is -0.141. The summed E-state index contributed by atoms with van der Waals surface area (Å²) in [5.74, 6) is -0.965. The van der Waals surface area contributed by atoms with Gasteiger partial charge in [-0.25, -0.2) is 9.37 Å². The van der Waals surface area contributed by atoms with Crippen LogP contribution >= 0.6 is 11.6 Å². The topological polar surface area (TPSA) is 57.9 Å². The SMILES string of the molecule is O=C(c1nc2c(C(F)(F)F)cc(C3CC3)cn2c1Cl)N1CCN([C@H]2C[C@H](F)C2)C(=O)C1. The number of nitrogens with zero attached hydrogens (tertiary/aromatic N) is 4. The van der Waals surface area contributed by atoms with E-state index in [1.54, 1.807) is 4.90 Å². The Hall–Kier alpha value is -2.36. The summed E-state index contributed by atoms with van der Waals surface area (Å²) in [5.41, 5.74) is -1.18. The third-order valence-electron chi connectivity index (χ3n) is 6.28. The van der Waals surface area contributed by atoms with Crippen molar-refractivity contribution in [3.8, 4) is 0 Å². The van der Waals surface area contributed by atoms with Crippen molar-refractivity contribution in [3.63, 3.8) is 0 Å². The van der Waals surface area contributed by atoms with Crippen LogP contribution in [0.15, 0.2) is 12.3 Å². The van der Waals surface area contributed by atoms with Crippen LogP contribution in [0.25, 0.3) is 5.65 Å². The number of fused-ring (bicyclic) bond motifs is 1. The summed E-state index contributed by atoms with van der Waals surface area (Å²) in [6.07, 6.45) is -1.86. The lowest BCUT2D eigenvalue weighted by Crippen LogP contribution is -2.58. The van der Waals surface area contributed by atoms with E-state index in [-0.39, 0.29) is 48.3 Å². The molecule has 3 aliphatic rings. The molecule has 11 heteroatoms. The van der Waals surface area contributed by atoms with Gasteiger partial charge in [0.05, 0.1) is 5.56 Å². The van der Waals surface area contributed by atoms with E-state index in [0.29, 0.717) is 18.4 Å². The standard InChI is InChI=1S/C20H19ClF4N4O2/c21-17-16(19(31)27-3-4-28(15(30)9-27)13-6-12(22)7-13)26-18-14(20(23,24)25)5-11(8-29(17)18)10-1-2-10/h5,8,10,12-13H,1-4,6-7,9H2/t12-,13-. The summed E-state index contributed by atoms with van der Waals surface area (Å²) >= 11 is 6.30. The molecule has 2 aliphatic carbocycles. The van der Waals surface area contributed by atoms with Crippen LogP contribution in [0.4, 0.5) is 17.6 Å². The predicted molar refractivity (Wildman–Crippen MR) is 103 cm³/mol. The fourth-order valence-corrected chi connectivity index (χ4v) is 4.55. The molecule has 0 unspecified atom stereocenters. The summed E-state index contributed by atoms with van der Waals surface area (Å²) in [7, 11) is 0. The third kappa shape index (κ3) is 3.54. The smallest absolute Gasteiger partial charge is 0.336 e. The molecule has 1 aliphatic heterocycles. The zero-order chi connectivity index (χ0) is 22.1. The summed E-state index contributed by atoms with van der Waals surface area (Å²) in [4.78, 5) is 32.2. The Bertz CT molecular complexity index is 1080. The van der Waals surface area contributed by atoms with Gasteiger partial charge in [0.1, 0.15) is 17.9 Å². The zero-order valence-corrected chi connectivity index (χ0v) is 17.1. The number of carbonyl (C=O) groups excluding carboxylic acids is 2. The van der Waals surface area contributed by atoms with Gasteiger partial charge in [0, 0.05) is 25.3 Å². The largest absolute Gasteiger partial charge is 0.419 e. The van der Waals surface area contributed by atoms with Crippen molar-refractivity contribution < 1.29 is 27.2 Å². The van der Waals surface area contributed by atoms with Gasteiger partial charge in [-0.1, -0.05) is 11.6 Å². The first-order chi connectivity index (χ1) is 14.6. The van der Waals surface area contributed by atoms with Gasteiger partial charge in [0.25, 0.3) is 5.91 Å². The Kier molecular flexibility index (Phi) is 4.69. The van der Waals surface area contributed by atoms with Crippen LogP contribution in [0.2, 0.25) is 5.15 Å². The van der Waals surface area contributed by atoms with Crippen LogP contribution in [-0.2, 0) is 11.0 Å². The maximum absolute atomic E-state index is 13.6. The molecular formula is C20H19ClF4N4O2. The lowest BCUT2D eigenvalue weighted by atomic mass is 9.89. The number of imidazole rings is 1. The molecule has 0 aromatic carbocycles. The highest BCUT2D eigenvalue weighted by Gasteiger charge is 2.41. The van der Waals surface area contributed by atoms with Crippen molar-refractivity contribution >= 4 is 29.1 Å². The van der Waals surface area contributed by atoms with E-state index in [1.165, 1.54) is 11.1 Å². The van der Waals surface area contributed by atoms with Crippen molar-refractivity contribution in [2.45, 2.75) is 50.0 Å². The van der Waals surface area contributed by atoms with Crippen LogP contribution in [-0.4, -0.2) is 62.8 Å². The van der Waals surface area contributed by atoms with E-state index in [1.807, 2.05) is 0 Å². The average Bonchev–Trinajstić information content (AvgIpc) is 3.48. The molecule has 2 amide bonds. The summed E-state index contributed by atoms with van der Waals surface area (Å²) in [6.45, 7) is 0.185. The molecule has 166 valence electrons. The minimum absolute atomic E-state index is 0.0456. The minimum atomic E-state index is -4.65. The van der Waals surface area contributed by atoms with Crippen molar-refractivity contribution in [1.82, 2.24) is 19.2 Å². The number of halogens is 5. The van der Waals surface area contributed by atoms with Crippen molar-refractivity contribution in [2.24, 2.45) is 0 Å². The normalized spacial score (nSPS) is 24.6. The van der Waals surface area contributed by atoms with Crippen LogP contribution in [0.5, 0.6) is 0 Å². The van der Waals surface area contributed by atoms with E-state index in [9.17, 15) is 27.2 Å². The molecular weight excluding hydrogens is 440 g/mol. The second kappa shape index (κ2) is 7.08. The minimum Gasteiger partial charge on any atom is -0.336 e. The first-order valence-electron chi connectivity index (χ1n) is 10.1. The molecule has 3 fully saturated rings. The first-order valence-corrected chi connectivity index (χ1v) is 10.5. The molecule has 6 nitrogen and oxygen atoms in total. The number of piperazine rings is 1. The molecule has 0 bridgehead atoms. The molecule has 0 N–H and O–H groups in total. The number of rotatable bonds is 3. The van der Waals surface area contributed by atoms with Crippen molar-refractivity contribution in [3.05, 3.63) is 34.2 Å². The predicted octanol–water partition coefficient (Wildman–Crippen LogP) is 3.67. The molecule has 3 heterocycles. The van der Waals surface area contributed by atoms with Crippen LogP contribution in [0, 0.1) is 0 Å². The van der Waals surface area contributed by atoms with Gasteiger partial charge >= 0.3 is 6.18 Å². The van der Waals surface area contributed by atoms with Gasteiger partial charge in [-0.2, -0.15) is 13.2 Å². The molecule has 31 heavy (non-hydrogen) atoms. The summed E-state index contributed by atoms with van der Waals surface area (Å²) in [6, 6.07) is 0.914. The third-order valence-corrected chi connectivity index (χ3v) is 6.64. The number of hydrogen-bond donors (Lipinski definition) is 0. The molecule has 0 atom stereocenters. The second-order valence-electron chi connectivity index (χ2n) is 8.44. The number of alkyl halides is 4. The van der Waals surface area contributed by atoms with Gasteiger partial charge in [0.15, 0.2) is 11.3 Å². The second-order valence-corrected chi connectivity index (χ2v) is 8.80. The lowest BCUT2D eigenvalue weighted by Gasteiger charge is -2.43. The molecule has 2 aromatic heterocycles. The van der Waals surface area contributed by atoms with Gasteiger partial charge in [-0.3, -0.25) is 14.0 Å². The number of hydrogen-bond acceptors (Lipinski definition) is 3. The van der Waals surface area contributed by atoms with E-state index < -0.39 is 29.5 Å². The maximum Gasteiger partial charge on any atom is 0.419 e. The Morgan fingerprint density at radius 2 is 1.90 bits per heavy atom. The van der Waals surface area contributed by atoms with Crippen molar-refractivity contribution in [2.75, 3.05) is 19.6 Å². The highest BCUT2D eigenvalue weighted by atomic mass is 35.5. The van der Waals surface area contributed by atoms with Gasteiger partial charge in [-0.15, -0.1) is 0 Å². The van der Waals surface area contributed by atoms with E-state index >= 15 is 0 Å². The number of amides is 2. The molecule has 1 saturated heterocycles. The van der Waals surface area contributed by atoms with E-state index in [4.69, 9.17) is 11.6 Å².